The Morgan fingerprint density at radius 1 is 1.26 bits per heavy atom. The Morgan fingerprint density at radius 3 is 2.79 bits per heavy atom. The van der Waals surface area contributed by atoms with E-state index in [1.807, 2.05) is 13.0 Å². The lowest BCUT2D eigenvalue weighted by Crippen LogP contribution is -1.99. The molecule has 0 bridgehead atoms. The first-order valence-corrected chi connectivity index (χ1v) is 7.19. The van der Waals surface area contributed by atoms with Crippen molar-refractivity contribution in [2.45, 2.75) is 16.8 Å². The summed E-state index contributed by atoms with van der Waals surface area (Å²) in [6, 6.07) is 8.88. The summed E-state index contributed by atoms with van der Waals surface area (Å²) in [5, 5.41) is 2.01. The van der Waals surface area contributed by atoms with Crippen molar-refractivity contribution in [3.8, 4) is 5.88 Å². The SMILES string of the molecule is CCOc1nc(Sc2cc(Cl)ccc2Cl)ccc1N. The number of halogens is 2. The minimum Gasteiger partial charge on any atom is -0.476 e. The lowest BCUT2D eigenvalue weighted by molar-refractivity contribution is 0.326. The molecule has 0 radical (unpaired) electrons. The van der Waals surface area contributed by atoms with E-state index in [9.17, 15) is 0 Å². The van der Waals surface area contributed by atoms with E-state index in [1.54, 1.807) is 24.3 Å². The van der Waals surface area contributed by atoms with Gasteiger partial charge < -0.3 is 10.5 Å². The highest BCUT2D eigenvalue weighted by Crippen LogP contribution is 2.35. The molecular formula is C13H12Cl2N2OS. The lowest BCUT2D eigenvalue weighted by atomic mass is 10.4. The number of aromatic nitrogens is 1. The number of nitrogen functional groups attached to an aromatic ring is 1. The van der Waals surface area contributed by atoms with Gasteiger partial charge in [-0.25, -0.2) is 4.98 Å². The monoisotopic (exact) mass is 314 g/mol. The van der Waals surface area contributed by atoms with Gasteiger partial charge in [0, 0.05) is 9.92 Å². The van der Waals surface area contributed by atoms with Gasteiger partial charge in [0.2, 0.25) is 5.88 Å². The fraction of sp³-hybridized carbons (Fsp3) is 0.154. The van der Waals surface area contributed by atoms with Crippen LogP contribution in [0.2, 0.25) is 10.0 Å². The summed E-state index contributed by atoms with van der Waals surface area (Å²) in [7, 11) is 0. The van der Waals surface area contributed by atoms with E-state index >= 15 is 0 Å². The molecule has 1 heterocycles. The molecule has 0 saturated carbocycles. The molecule has 1 aromatic heterocycles. The van der Waals surface area contributed by atoms with Crippen molar-refractivity contribution in [1.82, 2.24) is 4.98 Å². The number of rotatable bonds is 4. The first kappa shape index (κ1) is 14.3. The number of anilines is 1. The maximum atomic E-state index is 6.12. The van der Waals surface area contributed by atoms with Crippen LogP contribution < -0.4 is 10.5 Å². The van der Waals surface area contributed by atoms with Gasteiger partial charge in [-0.2, -0.15) is 0 Å². The van der Waals surface area contributed by atoms with Gasteiger partial charge in [0.05, 0.1) is 17.3 Å². The maximum absolute atomic E-state index is 6.12. The molecule has 2 N–H and O–H groups in total. The van der Waals surface area contributed by atoms with Gasteiger partial charge in [-0.1, -0.05) is 35.0 Å². The van der Waals surface area contributed by atoms with Crippen LogP contribution in [0.25, 0.3) is 0 Å². The van der Waals surface area contributed by atoms with Crippen LogP contribution >= 0.6 is 35.0 Å². The molecule has 0 unspecified atom stereocenters. The third-order valence-corrected chi connectivity index (χ3v) is 3.92. The minimum absolute atomic E-state index is 0.436. The molecule has 0 saturated heterocycles. The molecule has 0 aliphatic heterocycles. The van der Waals surface area contributed by atoms with Crippen LogP contribution in [0.15, 0.2) is 40.3 Å². The average Bonchev–Trinajstić information content (AvgIpc) is 2.38. The van der Waals surface area contributed by atoms with Gasteiger partial charge in [-0.15, -0.1) is 0 Å². The van der Waals surface area contributed by atoms with Crippen LogP contribution in [-0.4, -0.2) is 11.6 Å². The summed E-state index contributed by atoms with van der Waals surface area (Å²) in [5.74, 6) is 0.436. The normalized spacial score (nSPS) is 10.5. The fourth-order valence-electron chi connectivity index (χ4n) is 1.41. The number of benzene rings is 1. The predicted octanol–water partition coefficient (Wildman–Crippen LogP) is 4.52. The summed E-state index contributed by atoms with van der Waals surface area (Å²) in [4.78, 5) is 5.18. The second-order valence-corrected chi connectivity index (χ2v) is 5.56. The van der Waals surface area contributed by atoms with Crippen molar-refractivity contribution >= 4 is 40.7 Å². The van der Waals surface area contributed by atoms with Crippen molar-refractivity contribution in [2.75, 3.05) is 12.3 Å². The Balaban J connectivity index is 2.28. The second-order valence-electron chi connectivity index (χ2n) is 3.65. The van der Waals surface area contributed by atoms with Crippen LogP contribution in [0.4, 0.5) is 5.69 Å². The third-order valence-electron chi connectivity index (χ3n) is 2.25. The molecule has 0 spiro atoms. The zero-order valence-electron chi connectivity index (χ0n) is 10.2. The number of ether oxygens (including phenoxy) is 1. The van der Waals surface area contributed by atoms with Crippen molar-refractivity contribution in [1.29, 1.82) is 0 Å². The standard InChI is InChI=1S/C13H12Cl2N2OS/c1-2-18-13-10(16)5-6-12(17-13)19-11-7-8(14)3-4-9(11)15/h3-7H,2,16H2,1H3. The topological polar surface area (TPSA) is 48.1 Å². The Morgan fingerprint density at radius 2 is 2.05 bits per heavy atom. The predicted molar refractivity (Wildman–Crippen MR) is 80.4 cm³/mol. The largest absolute Gasteiger partial charge is 0.476 e. The molecule has 19 heavy (non-hydrogen) atoms. The van der Waals surface area contributed by atoms with Crippen LogP contribution in [0, 0.1) is 0 Å². The molecule has 0 atom stereocenters. The molecule has 2 aromatic rings. The molecule has 0 aliphatic carbocycles. The highest BCUT2D eigenvalue weighted by atomic mass is 35.5. The first-order valence-electron chi connectivity index (χ1n) is 5.62. The molecule has 100 valence electrons. The highest BCUT2D eigenvalue weighted by molar-refractivity contribution is 7.99. The maximum Gasteiger partial charge on any atom is 0.238 e. The Hall–Kier alpha value is -1.10. The molecule has 0 fully saturated rings. The zero-order chi connectivity index (χ0) is 13.8. The van der Waals surface area contributed by atoms with Crippen LogP contribution in [0.3, 0.4) is 0 Å². The van der Waals surface area contributed by atoms with E-state index in [2.05, 4.69) is 4.98 Å². The fourth-order valence-corrected chi connectivity index (χ4v) is 2.72. The summed E-state index contributed by atoms with van der Waals surface area (Å²) in [6.45, 7) is 2.40. The van der Waals surface area contributed by atoms with E-state index in [1.165, 1.54) is 11.8 Å². The van der Waals surface area contributed by atoms with E-state index in [4.69, 9.17) is 33.7 Å². The number of nitrogens with two attached hydrogens (primary N) is 1. The number of pyridine rings is 1. The molecule has 0 amide bonds. The van der Waals surface area contributed by atoms with Crippen molar-refractivity contribution in [3.05, 3.63) is 40.4 Å². The van der Waals surface area contributed by atoms with Crippen molar-refractivity contribution in [2.24, 2.45) is 0 Å². The third kappa shape index (κ3) is 3.69. The zero-order valence-corrected chi connectivity index (χ0v) is 12.5. The van der Waals surface area contributed by atoms with Gasteiger partial charge in [0.25, 0.3) is 0 Å². The van der Waals surface area contributed by atoms with Gasteiger partial charge >= 0.3 is 0 Å². The van der Waals surface area contributed by atoms with Crippen LogP contribution in [0.1, 0.15) is 6.92 Å². The number of nitrogens with zero attached hydrogens (tertiary/aromatic N) is 1. The second kappa shape index (κ2) is 6.37. The first-order chi connectivity index (χ1) is 9.10. The van der Waals surface area contributed by atoms with Gasteiger partial charge in [-0.05, 0) is 37.3 Å². The summed E-state index contributed by atoms with van der Waals surface area (Å²) >= 11 is 13.5. The Kier molecular flexibility index (Phi) is 4.80. The lowest BCUT2D eigenvalue weighted by Gasteiger charge is -2.08. The highest BCUT2D eigenvalue weighted by Gasteiger charge is 2.08. The average molecular weight is 315 g/mol. The molecule has 0 aliphatic rings. The Labute approximate surface area is 126 Å². The van der Waals surface area contributed by atoms with Crippen molar-refractivity contribution < 1.29 is 4.74 Å². The van der Waals surface area contributed by atoms with E-state index in [0.29, 0.717) is 28.2 Å². The molecule has 3 nitrogen and oxygen atoms in total. The number of hydrogen-bond acceptors (Lipinski definition) is 4. The van der Waals surface area contributed by atoms with E-state index in [-0.39, 0.29) is 0 Å². The molecular weight excluding hydrogens is 303 g/mol. The van der Waals surface area contributed by atoms with E-state index in [0.717, 1.165) is 9.92 Å². The summed E-state index contributed by atoms with van der Waals surface area (Å²) in [6.07, 6.45) is 0. The van der Waals surface area contributed by atoms with Crippen LogP contribution in [-0.2, 0) is 0 Å². The Bertz CT molecular complexity index is 593. The summed E-state index contributed by atoms with van der Waals surface area (Å²) in [5.41, 5.74) is 6.30. The minimum atomic E-state index is 0.436. The summed E-state index contributed by atoms with van der Waals surface area (Å²) < 4.78 is 5.36. The van der Waals surface area contributed by atoms with Gasteiger partial charge in [0.1, 0.15) is 5.03 Å². The van der Waals surface area contributed by atoms with Gasteiger partial charge in [0.15, 0.2) is 0 Å². The van der Waals surface area contributed by atoms with Crippen molar-refractivity contribution in [3.63, 3.8) is 0 Å². The van der Waals surface area contributed by atoms with Gasteiger partial charge in [-0.3, -0.25) is 0 Å². The number of hydrogen-bond donors (Lipinski definition) is 1. The molecule has 2 rings (SSSR count). The molecule has 6 heteroatoms. The molecule has 1 aromatic carbocycles. The quantitative estimate of drug-likeness (QED) is 0.901. The van der Waals surface area contributed by atoms with Crippen LogP contribution in [0.5, 0.6) is 5.88 Å². The smallest absolute Gasteiger partial charge is 0.238 e. The van der Waals surface area contributed by atoms with E-state index < -0.39 is 0 Å².